The van der Waals surface area contributed by atoms with Crippen LogP contribution in [-0.4, -0.2) is 29.1 Å². The molecule has 2 amide bonds. The molecule has 1 saturated heterocycles. The number of benzene rings is 3. The third-order valence-corrected chi connectivity index (χ3v) is 7.96. The molecule has 0 atom stereocenters. The standard InChI is InChI=1S/C25H16Br3NO5S/c1-33-20-11-14(10-19(28)22(20)34-24(31)16-7-3-5-9-18(16)27)12-21-23(30)29(25(32)35-21)13-15-6-2-4-8-17(15)26/h2-12H,13H2,1H3/b21-12-. The first-order valence-corrected chi connectivity index (χ1v) is 13.3. The minimum Gasteiger partial charge on any atom is -0.493 e. The molecule has 6 nitrogen and oxygen atoms in total. The first kappa shape index (κ1) is 25.7. The highest BCUT2D eigenvalue weighted by Gasteiger charge is 2.35. The van der Waals surface area contributed by atoms with E-state index in [0.29, 0.717) is 25.8 Å². The Balaban J connectivity index is 1.58. The molecule has 3 aromatic carbocycles. The zero-order chi connectivity index (χ0) is 25.1. The molecule has 0 saturated carbocycles. The maximum absolute atomic E-state index is 13.0. The number of hydrogen-bond donors (Lipinski definition) is 0. The second kappa shape index (κ2) is 11.1. The molecule has 178 valence electrons. The van der Waals surface area contributed by atoms with Crippen LogP contribution in [0.3, 0.4) is 0 Å². The number of esters is 1. The van der Waals surface area contributed by atoms with Crippen LogP contribution in [-0.2, 0) is 11.3 Å². The Morgan fingerprint density at radius 1 is 0.971 bits per heavy atom. The summed E-state index contributed by atoms with van der Waals surface area (Å²) in [5.41, 5.74) is 1.79. The Morgan fingerprint density at radius 2 is 1.66 bits per heavy atom. The molecular weight excluding hydrogens is 666 g/mol. The fourth-order valence-corrected chi connectivity index (χ4v) is 5.52. The van der Waals surface area contributed by atoms with Crippen LogP contribution >= 0.6 is 59.6 Å². The van der Waals surface area contributed by atoms with Gasteiger partial charge in [-0.2, -0.15) is 0 Å². The number of imide groups is 1. The van der Waals surface area contributed by atoms with Gasteiger partial charge >= 0.3 is 5.97 Å². The predicted molar refractivity (Wildman–Crippen MR) is 145 cm³/mol. The molecule has 0 unspecified atom stereocenters. The summed E-state index contributed by atoms with van der Waals surface area (Å²) >= 11 is 11.1. The van der Waals surface area contributed by atoms with Crippen molar-refractivity contribution >= 4 is 82.7 Å². The van der Waals surface area contributed by atoms with E-state index in [0.717, 1.165) is 21.8 Å². The number of rotatable bonds is 6. The van der Waals surface area contributed by atoms with Gasteiger partial charge in [-0.05, 0) is 91.2 Å². The SMILES string of the molecule is COc1cc(/C=C2\SC(=O)N(Cc3ccccc3Br)C2=O)cc(Br)c1OC(=O)c1ccccc1Br. The Labute approximate surface area is 231 Å². The van der Waals surface area contributed by atoms with Crippen molar-refractivity contribution < 1.29 is 23.9 Å². The minimum absolute atomic E-state index is 0.167. The van der Waals surface area contributed by atoms with E-state index in [4.69, 9.17) is 9.47 Å². The lowest BCUT2D eigenvalue weighted by atomic mass is 10.1. The number of ether oxygens (including phenoxy) is 2. The van der Waals surface area contributed by atoms with Gasteiger partial charge in [0, 0.05) is 8.95 Å². The molecule has 1 fully saturated rings. The number of nitrogens with zero attached hydrogens (tertiary/aromatic N) is 1. The van der Waals surface area contributed by atoms with Crippen LogP contribution in [0.2, 0.25) is 0 Å². The summed E-state index contributed by atoms with van der Waals surface area (Å²) < 4.78 is 12.9. The molecule has 1 aliphatic rings. The number of methoxy groups -OCH3 is 1. The number of carbonyl (C=O) groups excluding carboxylic acids is 3. The molecule has 1 heterocycles. The monoisotopic (exact) mass is 679 g/mol. The molecule has 35 heavy (non-hydrogen) atoms. The highest BCUT2D eigenvalue weighted by Crippen LogP contribution is 2.40. The average Bonchev–Trinajstić information content (AvgIpc) is 3.09. The lowest BCUT2D eigenvalue weighted by Gasteiger charge is -2.14. The molecule has 1 aliphatic heterocycles. The summed E-state index contributed by atoms with van der Waals surface area (Å²) in [4.78, 5) is 39.7. The van der Waals surface area contributed by atoms with E-state index in [1.54, 1.807) is 42.5 Å². The first-order chi connectivity index (χ1) is 16.8. The van der Waals surface area contributed by atoms with Crippen molar-refractivity contribution in [3.8, 4) is 11.5 Å². The molecule has 10 heteroatoms. The van der Waals surface area contributed by atoms with Gasteiger partial charge in [0.1, 0.15) is 0 Å². The highest BCUT2D eigenvalue weighted by atomic mass is 79.9. The summed E-state index contributed by atoms with van der Waals surface area (Å²) in [6, 6.07) is 17.7. The van der Waals surface area contributed by atoms with E-state index < -0.39 is 5.97 Å². The minimum atomic E-state index is -0.558. The van der Waals surface area contributed by atoms with E-state index in [1.165, 1.54) is 12.0 Å². The summed E-state index contributed by atoms with van der Waals surface area (Å²) in [5.74, 6) is -0.446. The number of hydrogen-bond acceptors (Lipinski definition) is 6. The van der Waals surface area contributed by atoms with Crippen molar-refractivity contribution in [1.82, 2.24) is 4.90 Å². The summed E-state index contributed by atoms with van der Waals surface area (Å²) in [6.45, 7) is 0.167. The molecule has 0 radical (unpaired) electrons. The predicted octanol–water partition coefficient (Wildman–Crippen LogP) is 7.44. The van der Waals surface area contributed by atoms with Crippen molar-refractivity contribution in [2.45, 2.75) is 6.54 Å². The van der Waals surface area contributed by atoms with Crippen molar-refractivity contribution in [3.63, 3.8) is 0 Å². The van der Waals surface area contributed by atoms with Gasteiger partial charge in [0.15, 0.2) is 11.5 Å². The largest absolute Gasteiger partial charge is 0.493 e. The maximum Gasteiger partial charge on any atom is 0.344 e. The molecular formula is C25H16Br3NO5S. The number of carbonyl (C=O) groups is 3. The average molecular weight is 682 g/mol. The van der Waals surface area contributed by atoms with Crippen molar-refractivity contribution in [2.75, 3.05) is 7.11 Å². The third kappa shape index (κ3) is 5.72. The molecule has 0 N–H and O–H groups in total. The zero-order valence-electron chi connectivity index (χ0n) is 18.1. The van der Waals surface area contributed by atoms with E-state index in [1.807, 2.05) is 24.3 Å². The van der Waals surface area contributed by atoms with Gasteiger partial charge in [-0.15, -0.1) is 0 Å². The molecule has 4 rings (SSSR count). The molecule has 0 aliphatic carbocycles. The van der Waals surface area contributed by atoms with Crippen LogP contribution in [0.15, 0.2) is 79.0 Å². The fraction of sp³-hybridized carbons (Fsp3) is 0.0800. The van der Waals surface area contributed by atoms with Gasteiger partial charge in [-0.1, -0.05) is 46.3 Å². The normalized spacial score (nSPS) is 14.5. The van der Waals surface area contributed by atoms with Gasteiger partial charge in [0.2, 0.25) is 0 Å². The summed E-state index contributed by atoms with van der Waals surface area (Å²) in [6.07, 6.45) is 1.61. The quantitative estimate of drug-likeness (QED) is 0.153. The summed E-state index contributed by atoms with van der Waals surface area (Å²) in [5, 5.41) is -0.345. The van der Waals surface area contributed by atoms with Crippen molar-refractivity contribution in [3.05, 3.63) is 95.7 Å². The molecule has 3 aromatic rings. The van der Waals surface area contributed by atoms with Gasteiger partial charge in [-0.25, -0.2) is 4.79 Å². The van der Waals surface area contributed by atoms with Crippen LogP contribution in [0.25, 0.3) is 6.08 Å². The smallest absolute Gasteiger partial charge is 0.344 e. The van der Waals surface area contributed by atoms with E-state index in [-0.39, 0.29) is 28.3 Å². The molecule has 0 bridgehead atoms. The number of amides is 2. The fourth-order valence-electron chi connectivity index (χ4n) is 3.28. The topological polar surface area (TPSA) is 72.9 Å². The van der Waals surface area contributed by atoms with Crippen molar-refractivity contribution in [2.24, 2.45) is 0 Å². The van der Waals surface area contributed by atoms with Crippen LogP contribution < -0.4 is 9.47 Å². The maximum atomic E-state index is 13.0. The van der Waals surface area contributed by atoms with E-state index in [2.05, 4.69) is 47.8 Å². The van der Waals surface area contributed by atoms with Gasteiger partial charge in [-0.3, -0.25) is 14.5 Å². The summed E-state index contributed by atoms with van der Waals surface area (Å²) in [7, 11) is 1.45. The first-order valence-electron chi connectivity index (χ1n) is 10.1. The molecule has 0 aromatic heterocycles. The van der Waals surface area contributed by atoms with Gasteiger partial charge in [0.25, 0.3) is 11.1 Å². The Kier molecular flexibility index (Phi) is 8.16. The van der Waals surface area contributed by atoms with Gasteiger partial charge in [0.05, 0.1) is 28.6 Å². The van der Waals surface area contributed by atoms with Crippen LogP contribution in [0, 0.1) is 0 Å². The lowest BCUT2D eigenvalue weighted by molar-refractivity contribution is -0.123. The number of halogens is 3. The van der Waals surface area contributed by atoms with Gasteiger partial charge < -0.3 is 9.47 Å². The third-order valence-electron chi connectivity index (χ3n) is 5.00. The highest BCUT2D eigenvalue weighted by molar-refractivity contribution is 9.11. The Bertz CT molecular complexity index is 1370. The second-order valence-electron chi connectivity index (χ2n) is 7.26. The van der Waals surface area contributed by atoms with E-state index >= 15 is 0 Å². The van der Waals surface area contributed by atoms with Crippen LogP contribution in [0.5, 0.6) is 11.5 Å². The van der Waals surface area contributed by atoms with E-state index in [9.17, 15) is 14.4 Å². The number of thioether (sulfide) groups is 1. The van der Waals surface area contributed by atoms with Crippen LogP contribution in [0.4, 0.5) is 4.79 Å². The van der Waals surface area contributed by atoms with Crippen molar-refractivity contribution in [1.29, 1.82) is 0 Å². The Hall–Kier alpha value is -2.40. The Morgan fingerprint density at radius 3 is 2.34 bits per heavy atom. The second-order valence-corrected chi connectivity index (χ2v) is 10.8. The zero-order valence-corrected chi connectivity index (χ0v) is 23.7. The molecule has 0 spiro atoms. The lowest BCUT2D eigenvalue weighted by Crippen LogP contribution is -2.27. The van der Waals surface area contributed by atoms with Crippen LogP contribution in [0.1, 0.15) is 21.5 Å².